The Kier molecular flexibility index (Phi) is 9.73. The molecule has 1 aromatic carbocycles. The number of rotatable bonds is 12. The summed E-state index contributed by atoms with van der Waals surface area (Å²) in [4.78, 5) is 73.5. The third kappa shape index (κ3) is 7.94. The molecule has 1 aromatic rings. The van der Waals surface area contributed by atoms with Gasteiger partial charge in [-0.25, -0.2) is 4.79 Å². The third-order valence-electron chi connectivity index (χ3n) is 5.58. The Morgan fingerprint density at radius 2 is 1.64 bits per heavy atom. The second-order valence-corrected chi connectivity index (χ2v) is 8.40. The summed E-state index contributed by atoms with van der Waals surface area (Å²) in [5, 5.41) is 32.6. The highest BCUT2D eigenvalue weighted by Gasteiger charge is 2.38. The maximum atomic E-state index is 12.9. The molecule has 4 atom stereocenters. The molecule has 0 radical (unpaired) electrons. The van der Waals surface area contributed by atoms with Gasteiger partial charge >= 0.3 is 11.9 Å². The second kappa shape index (κ2) is 12.5. The van der Waals surface area contributed by atoms with Crippen LogP contribution in [-0.4, -0.2) is 86.5 Å². The number of nitrogens with one attached hydrogen (secondary N) is 2. The Morgan fingerprint density at radius 1 is 1.00 bits per heavy atom. The standard InChI is InChI=1S/C22H29N5O9/c23-13(9-17(24)29)21(34)27-7-1-2-16(27)20(33)25-14(10-18(30)31)19(32)26-15(22(35)36)8-11-3-5-12(28)6-4-11/h3-6,13-16,28H,1-2,7-10,23H2,(H2,24,29)(H,25,33)(H,26,32)(H,30,31)(H,35,36). The molecule has 4 amide bonds. The monoisotopic (exact) mass is 507 g/mol. The van der Waals surface area contributed by atoms with Gasteiger partial charge in [-0.2, -0.15) is 0 Å². The van der Waals surface area contributed by atoms with Crippen LogP contribution in [0.1, 0.15) is 31.2 Å². The van der Waals surface area contributed by atoms with Gasteiger partial charge in [-0.15, -0.1) is 0 Å². The van der Waals surface area contributed by atoms with Gasteiger partial charge in [-0.05, 0) is 30.5 Å². The number of nitrogens with zero attached hydrogens (tertiary/aromatic N) is 1. The van der Waals surface area contributed by atoms with Gasteiger partial charge < -0.3 is 42.3 Å². The summed E-state index contributed by atoms with van der Waals surface area (Å²) in [5.41, 5.74) is 11.2. The quantitative estimate of drug-likeness (QED) is 0.159. The minimum atomic E-state index is -1.63. The Bertz CT molecular complexity index is 1010. The van der Waals surface area contributed by atoms with Gasteiger partial charge in [0.15, 0.2) is 0 Å². The Balaban J connectivity index is 2.12. The third-order valence-corrected chi connectivity index (χ3v) is 5.58. The minimum Gasteiger partial charge on any atom is -0.508 e. The van der Waals surface area contributed by atoms with Crippen molar-refractivity contribution in [3.63, 3.8) is 0 Å². The van der Waals surface area contributed by atoms with Crippen molar-refractivity contribution in [3.05, 3.63) is 29.8 Å². The van der Waals surface area contributed by atoms with E-state index in [0.29, 0.717) is 12.0 Å². The molecule has 0 bridgehead atoms. The zero-order valence-corrected chi connectivity index (χ0v) is 19.3. The van der Waals surface area contributed by atoms with Gasteiger partial charge in [0.25, 0.3) is 0 Å². The average molecular weight is 508 g/mol. The summed E-state index contributed by atoms with van der Waals surface area (Å²) < 4.78 is 0. The van der Waals surface area contributed by atoms with Crippen molar-refractivity contribution < 1.29 is 44.1 Å². The van der Waals surface area contributed by atoms with E-state index < -0.39 is 72.6 Å². The second-order valence-electron chi connectivity index (χ2n) is 8.40. The molecule has 0 saturated carbocycles. The number of primary amides is 1. The van der Waals surface area contributed by atoms with E-state index in [1.807, 2.05) is 0 Å². The van der Waals surface area contributed by atoms with Gasteiger partial charge in [0, 0.05) is 13.0 Å². The number of carbonyl (C=O) groups is 6. The molecule has 36 heavy (non-hydrogen) atoms. The number of hydrogen-bond acceptors (Lipinski definition) is 8. The van der Waals surface area contributed by atoms with Crippen molar-refractivity contribution in [3.8, 4) is 5.75 Å². The number of nitrogens with two attached hydrogens (primary N) is 2. The molecular formula is C22H29N5O9. The van der Waals surface area contributed by atoms with Crippen LogP contribution >= 0.6 is 0 Å². The lowest BCUT2D eigenvalue weighted by Crippen LogP contribution is -2.57. The van der Waals surface area contributed by atoms with E-state index in [9.17, 15) is 44.1 Å². The number of likely N-dealkylation sites (tertiary alicyclic amines) is 1. The van der Waals surface area contributed by atoms with Crippen molar-refractivity contribution in [1.82, 2.24) is 15.5 Å². The van der Waals surface area contributed by atoms with Crippen molar-refractivity contribution in [2.24, 2.45) is 11.5 Å². The molecule has 1 aliphatic heterocycles. The first-order chi connectivity index (χ1) is 16.9. The first-order valence-corrected chi connectivity index (χ1v) is 11.1. The Morgan fingerprint density at radius 3 is 2.19 bits per heavy atom. The van der Waals surface area contributed by atoms with Gasteiger partial charge in [0.05, 0.1) is 18.9 Å². The lowest BCUT2D eigenvalue weighted by atomic mass is 10.0. The summed E-state index contributed by atoms with van der Waals surface area (Å²) in [6, 6.07) is 0.199. The summed E-state index contributed by atoms with van der Waals surface area (Å²) in [6.45, 7) is 0.160. The van der Waals surface area contributed by atoms with E-state index in [1.165, 1.54) is 24.3 Å². The normalized spacial score (nSPS) is 17.5. The number of carbonyl (C=O) groups excluding carboxylic acids is 4. The van der Waals surface area contributed by atoms with Crippen LogP contribution < -0.4 is 22.1 Å². The highest BCUT2D eigenvalue weighted by atomic mass is 16.4. The van der Waals surface area contributed by atoms with Crippen molar-refractivity contribution in [2.75, 3.05) is 6.54 Å². The van der Waals surface area contributed by atoms with Crippen LogP contribution in [0.2, 0.25) is 0 Å². The molecule has 1 aliphatic rings. The minimum absolute atomic E-state index is 0.0334. The SMILES string of the molecule is NC(=O)CC(N)C(=O)N1CCCC1C(=O)NC(CC(=O)O)C(=O)NC(Cc1ccc(O)cc1)C(=O)O. The molecule has 0 aliphatic carbocycles. The number of benzene rings is 1. The molecule has 2 rings (SSSR count). The topological polar surface area (TPSA) is 242 Å². The van der Waals surface area contributed by atoms with Crippen LogP contribution in [-0.2, 0) is 35.2 Å². The van der Waals surface area contributed by atoms with E-state index in [-0.39, 0.29) is 25.1 Å². The number of carboxylic acids is 2. The summed E-state index contributed by atoms with van der Waals surface area (Å²) in [7, 11) is 0. The van der Waals surface area contributed by atoms with E-state index in [1.54, 1.807) is 0 Å². The maximum absolute atomic E-state index is 12.9. The Hall–Kier alpha value is -4.20. The molecule has 0 spiro atoms. The molecule has 9 N–H and O–H groups in total. The molecule has 14 nitrogen and oxygen atoms in total. The predicted octanol–water partition coefficient (Wildman–Crippen LogP) is -2.34. The lowest BCUT2D eigenvalue weighted by molar-refractivity contribution is -0.144. The smallest absolute Gasteiger partial charge is 0.326 e. The van der Waals surface area contributed by atoms with Crippen molar-refractivity contribution >= 4 is 35.6 Å². The molecule has 4 unspecified atom stereocenters. The van der Waals surface area contributed by atoms with E-state index in [4.69, 9.17) is 11.5 Å². The van der Waals surface area contributed by atoms with Gasteiger partial charge in [0.2, 0.25) is 23.6 Å². The van der Waals surface area contributed by atoms with Gasteiger partial charge in [0.1, 0.15) is 23.9 Å². The fraction of sp³-hybridized carbons (Fsp3) is 0.455. The van der Waals surface area contributed by atoms with Crippen LogP contribution in [0.3, 0.4) is 0 Å². The fourth-order valence-corrected chi connectivity index (χ4v) is 3.81. The molecule has 14 heteroatoms. The molecule has 1 fully saturated rings. The number of aliphatic carboxylic acids is 2. The zero-order valence-electron chi connectivity index (χ0n) is 19.3. The van der Waals surface area contributed by atoms with Crippen LogP contribution in [0, 0.1) is 0 Å². The highest BCUT2D eigenvalue weighted by Crippen LogP contribution is 2.19. The van der Waals surface area contributed by atoms with Crippen molar-refractivity contribution in [2.45, 2.75) is 56.3 Å². The number of hydrogen-bond donors (Lipinski definition) is 7. The summed E-state index contributed by atoms with van der Waals surface area (Å²) in [5.74, 6) is -6.21. The largest absolute Gasteiger partial charge is 0.508 e. The van der Waals surface area contributed by atoms with Gasteiger partial charge in [-0.1, -0.05) is 12.1 Å². The zero-order chi connectivity index (χ0) is 27.0. The van der Waals surface area contributed by atoms with Crippen LogP contribution in [0.4, 0.5) is 0 Å². The number of amides is 4. The molecular weight excluding hydrogens is 478 g/mol. The number of phenols is 1. The van der Waals surface area contributed by atoms with E-state index in [0.717, 1.165) is 4.90 Å². The van der Waals surface area contributed by atoms with E-state index in [2.05, 4.69) is 10.6 Å². The van der Waals surface area contributed by atoms with Crippen LogP contribution in [0.15, 0.2) is 24.3 Å². The number of carboxylic acid groups (broad SMARTS) is 2. The van der Waals surface area contributed by atoms with E-state index >= 15 is 0 Å². The van der Waals surface area contributed by atoms with Crippen LogP contribution in [0.5, 0.6) is 5.75 Å². The first kappa shape index (κ1) is 28.0. The Labute approximate surface area is 205 Å². The maximum Gasteiger partial charge on any atom is 0.326 e. The average Bonchev–Trinajstić information content (AvgIpc) is 3.28. The van der Waals surface area contributed by atoms with Crippen LogP contribution in [0.25, 0.3) is 0 Å². The van der Waals surface area contributed by atoms with Crippen molar-refractivity contribution in [1.29, 1.82) is 0 Å². The summed E-state index contributed by atoms with van der Waals surface area (Å²) >= 11 is 0. The first-order valence-electron chi connectivity index (χ1n) is 11.1. The molecule has 1 saturated heterocycles. The fourth-order valence-electron chi connectivity index (χ4n) is 3.81. The highest BCUT2D eigenvalue weighted by molar-refractivity contribution is 5.96. The molecule has 1 heterocycles. The number of phenolic OH excluding ortho intramolecular Hbond substituents is 1. The molecule has 196 valence electrons. The predicted molar refractivity (Wildman–Crippen MR) is 122 cm³/mol. The lowest BCUT2D eigenvalue weighted by Gasteiger charge is -2.28. The summed E-state index contributed by atoms with van der Waals surface area (Å²) in [6.07, 6.45) is -0.800. The van der Waals surface area contributed by atoms with Gasteiger partial charge in [-0.3, -0.25) is 24.0 Å². The number of aromatic hydroxyl groups is 1. The molecule has 0 aromatic heterocycles.